The summed E-state index contributed by atoms with van der Waals surface area (Å²) in [5, 5.41) is 13.2. The average molecular weight is 288 g/mol. The molecule has 0 aliphatic rings. The van der Waals surface area contributed by atoms with Crippen molar-refractivity contribution in [1.29, 1.82) is 0 Å². The number of hydrogen-bond acceptors (Lipinski definition) is 3. The minimum Gasteiger partial charge on any atom is -0.493 e. The molecule has 1 aromatic carbocycles. The van der Waals surface area contributed by atoms with Crippen molar-refractivity contribution < 1.29 is 9.84 Å². The maximum atomic E-state index is 8.77. The Hall–Kier alpha value is -1.81. The van der Waals surface area contributed by atoms with Gasteiger partial charge in [0.15, 0.2) is 0 Å². The van der Waals surface area contributed by atoms with Gasteiger partial charge in [-0.25, -0.2) is 0 Å². The Morgan fingerprint density at radius 1 is 1.29 bits per heavy atom. The molecule has 0 amide bonds. The van der Waals surface area contributed by atoms with Crippen molar-refractivity contribution in [3.8, 4) is 5.75 Å². The molecule has 0 fully saturated rings. The molecule has 21 heavy (non-hydrogen) atoms. The Morgan fingerprint density at radius 3 is 2.76 bits per heavy atom. The number of nitrogens with zero attached hydrogens (tertiary/aromatic N) is 2. The number of aliphatic hydroxyl groups is 1. The van der Waals surface area contributed by atoms with E-state index in [4.69, 9.17) is 9.84 Å². The molecule has 4 nitrogen and oxygen atoms in total. The van der Waals surface area contributed by atoms with Gasteiger partial charge in [-0.1, -0.05) is 19.9 Å². The molecule has 0 aliphatic heterocycles. The summed E-state index contributed by atoms with van der Waals surface area (Å²) < 4.78 is 7.65. The van der Waals surface area contributed by atoms with Crippen LogP contribution in [0.2, 0.25) is 0 Å². The monoisotopic (exact) mass is 288 g/mol. The highest BCUT2D eigenvalue weighted by Gasteiger charge is 2.09. The van der Waals surface area contributed by atoms with Gasteiger partial charge < -0.3 is 9.84 Å². The second kappa shape index (κ2) is 7.27. The molecule has 0 radical (unpaired) electrons. The van der Waals surface area contributed by atoms with E-state index in [9.17, 15) is 0 Å². The summed E-state index contributed by atoms with van der Waals surface area (Å²) in [5.41, 5.74) is 3.69. The quantitative estimate of drug-likeness (QED) is 0.796. The average Bonchev–Trinajstić information content (AvgIpc) is 2.90. The number of aliphatic hydroxyl groups excluding tert-OH is 1. The third-order valence-corrected chi connectivity index (χ3v) is 3.55. The van der Waals surface area contributed by atoms with Crippen LogP contribution in [0.5, 0.6) is 5.75 Å². The largest absolute Gasteiger partial charge is 0.493 e. The highest BCUT2D eigenvalue weighted by atomic mass is 16.5. The maximum absolute atomic E-state index is 8.77. The molecule has 0 saturated carbocycles. The van der Waals surface area contributed by atoms with E-state index < -0.39 is 0 Å². The van der Waals surface area contributed by atoms with Gasteiger partial charge in [0.1, 0.15) is 5.75 Å². The third kappa shape index (κ3) is 4.08. The molecular formula is C17H24N2O2. The highest BCUT2D eigenvalue weighted by molar-refractivity contribution is 5.35. The van der Waals surface area contributed by atoms with Gasteiger partial charge in [0.05, 0.1) is 13.2 Å². The fraction of sp³-hybridized carbons (Fsp3) is 0.471. The van der Waals surface area contributed by atoms with Crippen molar-refractivity contribution in [2.24, 2.45) is 0 Å². The Labute approximate surface area is 126 Å². The van der Waals surface area contributed by atoms with Gasteiger partial charge >= 0.3 is 0 Å². The van der Waals surface area contributed by atoms with Crippen LogP contribution in [-0.2, 0) is 6.54 Å². The van der Waals surface area contributed by atoms with Gasteiger partial charge in [-0.3, -0.25) is 4.68 Å². The van der Waals surface area contributed by atoms with Gasteiger partial charge in [0.2, 0.25) is 0 Å². The minimum atomic E-state index is 0.161. The molecule has 0 spiro atoms. The summed E-state index contributed by atoms with van der Waals surface area (Å²) in [6.07, 6.45) is 2.52. The lowest BCUT2D eigenvalue weighted by atomic mass is 10.1. The van der Waals surface area contributed by atoms with E-state index in [1.807, 2.05) is 18.3 Å². The summed E-state index contributed by atoms with van der Waals surface area (Å²) in [5.74, 6) is 1.32. The molecule has 0 bridgehead atoms. The van der Waals surface area contributed by atoms with E-state index in [1.165, 1.54) is 16.8 Å². The number of aromatic nitrogens is 2. The number of hydrogen-bond donors (Lipinski definition) is 1. The van der Waals surface area contributed by atoms with Gasteiger partial charge in [0.25, 0.3) is 0 Å². The van der Waals surface area contributed by atoms with Crippen LogP contribution in [0.4, 0.5) is 0 Å². The van der Waals surface area contributed by atoms with Crippen molar-refractivity contribution in [3.63, 3.8) is 0 Å². The number of benzene rings is 1. The van der Waals surface area contributed by atoms with E-state index in [1.54, 1.807) is 0 Å². The lowest BCUT2D eigenvalue weighted by Crippen LogP contribution is -2.08. The summed E-state index contributed by atoms with van der Waals surface area (Å²) in [6, 6.07) is 8.20. The van der Waals surface area contributed by atoms with Gasteiger partial charge in [-0.05, 0) is 42.2 Å². The van der Waals surface area contributed by atoms with Crippen molar-refractivity contribution in [3.05, 3.63) is 47.3 Å². The predicted octanol–water partition coefficient (Wildman–Crippen LogP) is 3.12. The van der Waals surface area contributed by atoms with Crippen LogP contribution in [0, 0.1) is 6.92 Å². The van der Waals surface area contributed by atoms with Gasteiger partial charge in [-0.15, -0.1) is 0 Å². The highest BCUT2D eigenvalue weighted by Crippen LogP contribution is 2.20. The summed E-state index contributed by atoms with van der Waals surface area (Å²) in [6.45, 7) is 7.94. The normalized spacial score (nSPS) is 11.1. The second-order valence-corrected chi connectivity index (χ2v) is 5.58. The lowest BCUT2D eigenvalue weighted by molar-refractivity contribution is 0.233. The molecule has 0 aliphatic carbocycles. The molecule has 1 N–H and O–H groups in total. The first kappa shape index (κ1) is 15.6. The molecule has 0 unspecified atom stereocenters. The Morgan fingerprint density at radius 2 is 2.10 bits per heavy atom. The van der Waals surface area contributed by atoms with Crippen LogP contribution >= 0.6 is 0 Å². The minimum absolute atomic E-state index is 0.161. The molecule has 1 aromatic heterocycles. The van der Waals surface area contributed by atoms with E-state index in [2.05, 4.69) is 42.7 Å². The second-order valence-electron chi connectivity index (χ2n) is 5.58. The summed E-state index contributed by atoms with van der Waals surface area (Å²) >= 11 is 0. The molecule has 0 atom stereocenters. The van der Waals surface area contributed by atoms with Crippen molar-refractivity contribution in [2.45, 2.75) is 39.7 Å². The molecular weight excluding hydrogens is 264 g/mol. The van der Waals surface area contributed by atoms with Crippen LogP contribution < -0.4 is 4.74 Å². The first-order valence-electron chi connectivity index (χ1n) is 7.46. The van der Waals surface area contributed by atoms with E-state index >= 15 is 0 Å². The van der Waals surface area contributed by atoms with Gasteiger partial charge in [-0.2, -0.15) is 5.10 Å². The molecule has 0 saturated heterocycles. The fourth-order valence-electron chi connectivity index (χ4n) is 2.32. The first-order valence-corrected chi connectivity index (χ1v) is 7.46. The zero-order valence-corrected chi connectivity index (χ0v) is 13.0. The molecule has 114 valence electrons. The van der Waals surface area contributed by atoms with Crippen LogP contribution in [0.15, 0.2) is 30.5 Å². The van der Waals surface area contributed by atoms with E-state index in [-0.39, 0.29) is 6.61 Å². The Balaban J connectivity index is 2.08. The fourth-order valence-corrected chi connectivity index (χ4v) is 2.32. The zero-order chi connectivity index (χ0) is 15.2. The molecule has 1 heterocycles. The van der Waals surface area contributed by atoms with Crippen LogP contribution in [0.25, 0.3) is 0 Å². The van der Waals surface area contributed by atoms with Crippen LogP contribution in [-0.4, -0.2) is 28.1 Å². The molecule has 4 heteroatoms. The topological polar surface area (TPSA) is 47.3 Å². The number of aryl methyl sites for hydroxylation is 1. The molecule has 2 aromatic rings. The van der Waals surface area contributed by atoms with Crippen molar-refractivity contribution in [2.75, 3.05) is 13.2 Å². The SMILES string of the molecule is Cc1cc(OCCCO)ccc1Cn1nccc1C(C)C. The predicted molar refractivity (Wildman–Crippen MR) is 83.8 cm³/mol. The first-order chi connectivity index (χ1) is 10.1. The summed E-state index contributed by atoms with van der Waals surface area (Å²) in [4.78, 5) is 0. The molecule has 2 rings (SSSR count). The zero-order valence-electron chi connectivity index (χ0n) is 13.0. The lowest BCUT2D eigenvalue weighted by Gasteiger charge is -2.13. The van der Waals surface area contributed by atoms with Crippen LogP contribution in [0.1, 0.15) is 43.0 Å². The van der Waals surface area contributed by atoms with Gasteiger partial charge in [0, 0.05) is 24.9 Å². The van der Waals surface area contributed by atoms with Crippen molar-refractivity contribution >= 4 is 0 Å². The Bertz CT molecular complexity index is 576. The number of ether oxygens (including phenoxy) is 1. The summed E-state index contributed by atoms with van der Waals surface area (Å²) in [7, 11) is 0. The maximum Gasteiger partial charge on any atom is 0.119 e. The van der Waals surface area contributed by atoms with E-state index in [0.29, 0.717) is 18.9 Å². The third-order valence-electron chi connectivity index (χ3n) is 3.55. The standard InChI is InChI=1S/C17H24N2O2/c1-13(2)17-7-8-18-19(17)12-15-5-6-16(11-14(15)3)21-10-4-9-20/h5-8,11,13,20H,4,9-10,12H2,1-3H3. The van der Waals surface area contributed by atoms with Crippen LogP contribution in [0.3, 0.4) is 0 Å². The number of rotatable bonds is 7. The Kier molecular flexibility index (Phi) is 5.39. The van der Waals surface area contributed by atoms with E-state index in [0.717, 1.165) is 12.3 Å². The van der Waals surface area contributed by atoms with Crippen molar-refractivity contribution in [1.82, 2.24) is 9.78 Å². The smallest absolute Gasteiger partial charge is 0.119 e.